The molecule has 0 rings (SSSR count). The summed E-state index contributed by atoms with van der Waals surface area (Å²) in [6, 6.07) is 0. The molecule has 57 heavy (non-hydrogen) atoms. The van der Waals surface area contributed by atoms with Gasteiger partial charge in [0.15, 0.2) is 6.10 Å². The second kappa shape index (κ2) is 45.3. The Kier molecular flexibility index (Phi) is 42.6. The van der Waals surface area contributed by atoms with Crippen LogP contribution in [0.3, 0.4) is 0 Å². The summed E-state index contributed by atoms with van der Waals surface area (Å²) in [7, 11) is 0. The zero-order valence-electron chi connectivity index (χ0n) is 36.8. The van der Waals surface area contributed by atoms with Crippen LogP contribution in [0.15, 0.2) is 85.1 Å². The topological polar surface area (TPSA) is 78.9 Å². The molecule has 0 aliphatic rings. The molecule has 0 aliphatic heterocycles. The Morgan fingerprint density at radius 1 is 0.386 bits per heavy atom. The van der Waals surface area contributed by atoms with Crippen molar-refractivity contribution in [2.75, 3.05) is 13.2 Å². The van der Waals surface area contributed by atoms with E-state index in [2.05, 4.69) is 69.4 Å². The number of esters is 3. The van der Waals surface area contributed by atoms with Gasteiger partial charge in [-0.3, -0.25) is 14.4 Å². The summed E-state index contributed by atoms with van der Waals surface area (Å²) in [6.45, 7) is 6.35. The van der Waals surface area contributed by atoms with E-state index >= 15 is 0 Å². The highest BCUT2D eigenvalue weighted by atomic mass is 16.6. The highest BCUT2D eigenvalue weighted by Gasteiger charge is 2.19. The van der Waals surface area contributed by atoms with E-state index in [1.165, 1.54) is 64.2 Å². The number of unbranched alkanes of at least 4 members (excludes halogenated alkanes) is 19. The molecule has 6 nitrogen and oxygen atoms in total. The minimum atomic E-state index is -0.796. The molecule has 0 heterocycles. The molecule has 0 saturated heterocycles. The minimum Gasteiger partial charge on any atom is -0.462 e. The van der Waals surface area contributed by atoms with Gasteiger partial charge in [-0.15, -0.1) is 0 Å². The molecule has 0 saturated carbocycles. The maximum Gasteiger partial charge on any atom is 0.306 e. The zero-order valence-corrected chi connectivity index (χ0v) is 36.8. The quantitative estimate of drug-likeness (QED) is 0.0202. The van der Waals surface area contributed by atoms with Crippen LogP contribution in [0.25, 0.3) is 0 Å². The van der Waals surface area contributed by atoms with E-state index in [-0.39, 0.29) is 31.1 Å². The van der Waals surface area contributed by atoms with Gasteiger partial charge in [0.2, 0.25) is 0 Å². The third-order valence-corrected chi connectivity index (χ3v) is 9.49. The number of hydrogen-bond donors (Lipinski definition) is 0. The molecular weight excluding hydrogens is 709 g/mol. The van der Waals surface area contributed by atoms with Crippen LogP contribution < -0.4 is 0 Å². The lowest BCUT2D eigenvalue weighted by Crippen LogP contribution is -2.30. The fourth-order valence-electron chi connectivity index (χ4n) is 6.04. The van der Waals surface area contributed by atoms with Crippen LogP contribution in [-0.4, -0.2) is 37.2 Å². The number of carbonyl (C=O) groups excluding carboxylic acids is 3. The largest absolute Gasteiger partial charge is 0.462 e. The van der Waals surface area contributed by atoms with E-state index in [0.717, 1.165) is 96.3 Å². The zero-order chi connectivity index (χ0) is 41.5. The van der Waals surface area contributed by atoms with Gasteiger partial charge >= 0.3 is 17.9 Å². The molecule has 0 fully saturated rings. The Labute approximate surface area is 350 Å². The number of allylic oxidation sites excluding steroid dienone is 14. The lowest BCUT2D eigenvalue weighted by molar-refractivity contribution is -0.167. The fraction of sp³-hybridized carbons (Fsp3) is 0.667. The van der Waals surface area contributed by atoms with Crippen LogP contribution in [0.5, 0.6) is 0 Å². The predicted molar refractivity (Wildman–Crippen MR) is 242 cm³/mol. The van der Waals surface area contributed by atoms with E-state index in [1.54, 1.807) is 0 Å². The van der Waals surface area contributed by atoms with Gasteiger partial charge in [-0.05, 0) is 64.2 Å². The second-order valence-corrected chi connectivity index (χ2v) is 15.1. The molecule has 0 bridgehead atoms. The first-order valence-corrected chi connectivity index (χ1v) is 23.2. The van der Waals surface area contributed by atoms with E-state index < -0.39 is 6.10 Å². The molecule has 0 aromatic carbocycles. The van der Waals surface area contributed by atoms with Crippen molar-refractivity contribution in [1.82, 2.24) is 0 Å². The third-order valence-electron chi connectivity index (χ3n) is 9.49. The molecule has 1 atom stereocenters. The van der Waals surface area contributed by atoms with Crippen molar-refractivity contribution in [1.29, 1.82) is 0 Å². The summed E-state index contributed by atoms with van der Waals surface area (Å²) >= 11 is 0. The summed E-state index contributed by atoms with van der Waals surface area (Å²) in [5.41, 5.74) is 0. The van der Waals surface area contributed by atoms with Crippen LogP contribution in [0.2, 0.25) is 0 Å². The molecule has 0 radical (unpaired) electrons. The lowest BCUT2D eigenvalue weighted by atomic mass is 10.0. The SMILES string of the molecule is CC/C=C\C/C=C\CCCCC(=O)OCC(COC(=O)CCCCCCC\C=C/C=C\C=C/C=C\C=C/CCC)OC(=O)CCCCCCCCCCCCCC. The van der Waals surface area contributed by atoms with Gasteiger partial charge in [0.05, 0.1) is 0 Å². The maximum atomic E-state index is 12.7. The standard InChI is InChI=1S/C51H84O6/c1-4-7-10-13-16-19-21-23-24-25-26-27-28-30-32-35-38-41-44-50(53)56-47-48(46-55-49(52)43-40-37-34-31-18-15-12-9-6-3)57-51(54)45-42-39-36-33-29-22-20-17-14-11-8-5-2/h9-10,12-13,16,18-19,21,23-27,31,48H,4-8,11,14-15,17,20,22,28-30,32-47H2,1-3H3/b12-9-,13-10-,19-16-,23-21-,25-24-,27-26-,31-18-. The normalized spacial score (nSPS) is 12.8. The number of hydrogen-bond acceptors (Lipinski definition) is 6. The Hall–Kier alpha value is -3.41. The van der Waals surface area contributed by atoms with Crippen LogP contribution in [0.4, 0.5) is 0 Å². The van der Waals surface area contributed by atoms with Gasteiger partial charge in [-0.1, -0.05) is 202 Å². The van der Waals surface area contributed by atoms with E-state index in [1.807, 2.05) is 36.5 Å². The van der Waals surface area contributed by atoms with Crippen molar-refractivity contribution in [3.8, 4) is 0 Å². The molecule has 0 amide bonds. The Morgan fingerprint density at radius 2 is 0.789 bits per heavy atom. The Balaban J connectivity index is 4.42. The van der Waals surface area contributed by atoms with Crippen molar-refractivity contribution in [2.45, 2.75) is 207 Å². The lowest BCUT2D eigenvalue weighted by Gasteiger charge is -2.18. The first kappa shape index (κ1) is 53.6. The fourth-order valence-corrected chi connectivity index (χ4v) is 6.04. The van der Waals surface area contributed by atoms with Gasteiger partial charge in [-0.2, -0.15) is 0 Å². The number of carbonyl (C=O) groups is 3. The van der Waals surface area contributed by atoms with E-state index in [4.69, 9.17) is 14.2 Å². The maximum absolute atomic E-state index is 12.7. The van der Waals surface area contributed by atoms with Crippen molar-refractivity contribution in [2.24, 2.45) is 0 Å². The predicted octanol–water partition coefficient (Wildman–Crippen LogP) is 14.9. The molecule has 324 valence electrons. The summed E-state index contributed by atoms with van der Waals surface area (Å²) in [5.74, 6) is -0.966. The molecular formula is C51H84O6. The highest BCUT2D eigenvalue weighted by Crippen LogP contribution is 2.14. The third kappa shape index (κ3) is 43.6. The highest BCUT2D eigenvalue weighted by molar-refractivity contribution is 5.71. The van der Waals surface area contributed by atoms with E-state index in [0.29, 0.717) is 19.3 Å². The Bertz CT molecular complexity index is 1140. The molecule has 0 spiro atoms. The summed E-state index contributed by atoms with van der Waals surface area (Å²) in [6.07, 6.45) is 57.1. The summed E-state index contributed by atoms with van der Waals surface area (Å²) in [4.78, 5) is 37.7. The Morgan fingerprint density at radius 3 is 1.32 bits per heavy atom. The van der Waals surface area contributed by atoms with Crippen LogP contribution in [-0.2, 0) is 28.6 Å². The van der Waals surface area contributed by atoms with Gasteiger partial charge in [-0.25, -0.2) is 0 Å². The number of rotatable bonds is 40. The summed E-state index contributed by atoms with van der Waals surface area (Å²) in [5, 5.41) is 0. The second-order valence-electron chi connectivity index (χ2n) is 15.1. The average Bonchev–Trinajstić information content (AvgIpc) is 3.21. The molecule has 0 aromatic rings. The monoisotopic (exact) mass is 793 g/mol. The van der Waals surface area contributed by atoms with Gasteiger partial charge < -0.3 is 14.2 Å². The molecule has 1 unspecified atom stereocenters. The molecule has 0 aliphatic carbocycles. The van der Waals surface area contributed by atoms with Crippen molar-refractivity contribution in [3.63, 3.8) is 0 Å². The van der Waals surface area contributed by atoms with Gasteiger partial charge in [0.25, 0.3) is 0 Å². The first-order valence-electron chi connectivity index (χ1n) is 23.2. The summed E-state index contributed by atoms with van der Waals surface area (Å²) < 4.78 is 16.6. The molecule has 0 N–H and O–H groups in total. The average molecular weight is 793 g/mol. The van der Waals surface area contributed by atoms with Crippen molar-refractivity contribution in [3.05, 3.63) is 85.1 Å². The van der Waals surface area contributed by atoms with Crippen LogP contribution in [0.1, 0.15) is 201 Å². The van der Waals surface area contributed by atoms with Crippen LogP contribution >= 0.6 is 0 Å². The molecule has 0 aromatic heterocycles. The van der Waals surface area contributed by atoms with Crippen molar-refractivity contribution >= 4 is 17.9 Å². The molecule has 6 heteroatoms. The van der Waals surface area contributed by atoms with Crippen molar-refractivity contribution < 1.29 is 28.6 Å². The minimum absolute atomic E-state index is 0.1000. The first-order chi connectivity index (χ1) is 28.0. The van der Waals surface area contributed by atoms with Gasteiger partial charge in [0, 0.05) is 19.3 Å². The number of ether oxygens (including phenoxy) is 3. The van der Waals surface area contributed by atoms with Gasteiger partial charge in [0.1, 0.15) is 13.2 Å². The van der Waals surface area contributed by atoms with Crippen LogP contribution in [0, 0.1) is 0 Å². The van der Waals surface area contributed by atoms with E-state index in [9.17, 15) is 14.4 Å². The smallest absolute Gasteiger partial charge is 0.306 e.